The summed E-state index contributed by atoms with van der Waals surface area (Å²) < 4.78 is 5.19. The molecule has 4 rings (SSSR count). The maximum Gasteiger partial charge on any atom is 0.258 e. The van der Waals surface area contributed by atoms with Crippen molar-refractivity contribution < 1.29 is 9.32 Å². The summed E-state index contributed by atoms with van der Waals surface area (Å²) >= 11 is 0. The Kier molecular flexibility index (Phi) is 3.54. The van der Waals surface area contributed by atoms with Gasteiger partial charge in [-0.2, -0.15) is 0 Å². The molecule has 1 aliphatic heterocycles. The van der Waals surface area contributed by atoms with E-state index in [0.717, 1.165) is 24.3 Å². The zero-order valence-corrected chi connectivity index (χ0v) is 13.6. The molecule has 0 radical (unpaired) electrons. The highest BCUT2D eigenvalue weighted by Crippen LogP contribution is 2.22. The van der Waals surface area contributed by atoms with Gasteiger partial charge >= 0.3 is 0 Å². The van der Waals surface area contributed by atoms with Crippen molar-refractivity contribution in [3.05, 3.63) is 57.9 Å². The lowest BCUT2D eigenvalue weighted by Crippen LogP contribution is -2.23. The first-order valence-corrected chi connectivity index (χ1v) is 7.95. The molecule has 6 heteroatoms. The molecule has 0 atom stereocenters. The molecule has 6 nitrogen and oxygen atoms in total. The molecule has 2 N–H and O–H groups in total. The van der Waals surface area contributed by atoms with E-state index < -0.39 is 0 Å². The molecular formula is C18H18N4O2. The highest BCUT2D eigenvalue weighted by molar-refractivity contribution is 6.05. The fourth-order valence-corrected chi connectivity index (χ4v) is 3.13. The Morgan fingerprint density at radius 2 is 2.08 bits per heavy atom. The Hall–Kier alpha value is -2.73. The van der Waals surface area contributed by atoms with Crippen LogP contribution < -0.4 is 10.6 Å². The molecule has 0 saturated heterocycles. The molecule has 24 heavy (non-hydrogen) atoms. The molecule has 0 bridgehead atoms. The van der Waals surface area contributed by atoms with E-state index in [0.29, 0.717) is 28.9 Å². The van der Waals surface area contributed by atoms with E-state index in [-0.39, 0.29) is 5.91 Å². The predicted octanol–water partition coefficient (Wildman–Crippen LogP) is 2.37. The zero-order valence-electron chi connectivity index (χ0n) is 13.6. The molecule has 3 aromatic rings. The van der Waals surface area contributed by atoms with E-state index >= 15 is 0 Å². The van der Waals surface area contributed by atoms with Crippen LogP contribution in [0, 0.1) is 13.8 Å². The second kappa shape index (κ2) is 5.72. The molecular weight excluding hydrogens is 304 g/mol. The van der Waals surface area contributed by atoms with Gasteiger partial charge in [-0.05, 0) is 36.6 Å². The number of benzene rings is 1. The highest BCUT2D eigenvalue weighted by Gasteiger charge is 2.18. The molecule has 1 aromatic carbocycles. The van der Waals surface area contributed by atoms with Crippen LogP contribution in [0.2, 0.25) is 0 Å². The first-order chi connectivity index (χ1) is 11.6. The van der Waals surface area contributed by atoms with Crippen molar-refractivity contribution >= 4 is 17.0 Å². The van der Waals surface area contributed by atoms with Gasteiger partial charge in [0.1, 0.15) is 0 Å². The average molecular weight is 322 g/mol. The van der Waals surface area contributed by atoms with Crippen LogP contribution in [0.5, 0.6) is 0 Å². The molecule has 2 aromatic heterocycles. The van der Waals surface area contributed by atoms with Gasteiger partial charge in [-0.15, -0.1) is 0 Å². The van der Waals surface area contributed by atoms with Gasteiger partial charge in [0.15, 0.2) is 0 Å². The molecule has 1 aliphatic rings. The van der Waals surface area contributed by atoms with Gasteiger partial charge in [0.25, 0.3) is 11.6 Å². The number of carbonyl (C=O) groups excluding carboxylic acids is 1. The summed E-state index contributed by atoms with van der Waals surface area (Å²) in [6.45, 7) is 5.94. The number of rotatable bonds is 3. The van der Waals surface area contributed by atoms with Crippen LogP contribution in [0.4, 0.5) is 0 Å². The fraction of sp³-hybridized carbons (Fsp3) is 0.278. The van der Waals surface area contributed by atoms with Crippen LogP contribution in [-0.4, -0.2) is 16.0 Å². The number of amides is 1. The monoisotopic (exact) mass is 322 g/mol. The highest BCUT2D eigenvalue weighted by atomic mass is 16.5. The number of nitrogens with zero attached hydrogens (tertiary/aromatic N) is 2. The Bertz CT molecular complexity index is 946. The van der Waals surface area contributed by atoms with Gasteiger partial charge in [-0.25, -0.2) is 4.98 Å². The molecule has 1 amide bonds. The normalized spacial score (nSPS) is 13.2. The zero-order chi connectivity index (χ0) is 16.7. The van der Waals surface area contributed by atoms with Crippen molar-refractivity contribution in [2.75, 3.05) is 0 Å². The van der Waals surface area contributed by atoms with Gasteiger partial charge in [0.2, 0.25) is 0 Å². The molecule has 0 aliphatic carbocycles. The van der Waals surface area contributed by atoms with Crippen LogP contribution in [0.15, 0.2) is 28.8 Å². The average Bonchev–Trinajstić information content (AvgIpc) is 3.18. The van der Waals surface area contributed by atoms with Gasteiger partial charge < -0.3 is 15.2 Å². The number of nitrogens with one attached hydrogen (secondary N) is 2. The number of carbonyl (C=O) groups is 1. The maximum absolute atomic E-state index is 12.6. The third kappa shape index (κ3) is 2.55. The summed E-state index contributed by atoms with van der Waals surface area (Å²) in [4.78, 5) is 16.9. The van der Waals surface area contributed by atoms with Crippen LogP contribution in [0.25, 0.3) is 11.1 Å². The number of aromatic nitrogens is 2. The minimum atomic E-state index is -0.143. The maximum atomic E-state index is 12.6. The van der Waals surface area contributed by atoms with Crippen LogP contribution >= 0.6 is 0 Å². The van der Waals surface area contributed by atoms with E-state index in [2.05, 4.69) is 39.0 Å². The van der Waals surface area contributed by atoms with E-state index in [1.165, 1.54) is 11.1 Å². The minimum Gasteiger partial charge on any atom is -0.348 e. The van der Waals surface area contributed by atoms with Gasteiger partial charge in [0.05, 0.1) is 16.6 Å². The van der Waals surface area contributed by atoms with Gasteiger partial charge in [0, 0.05) is 25.3 Å². The minimum absolute atomic E-state index is 0.143. The Morgan fingerprint density at radius 3 is 2.96 bits per heavy atom. The Morgan fingerprint density at radius 1 is 1.25 bits per heavy atom. The number of pyridine rings is 1. The summed E-state index contributed by atoms with van der Waals surface area (Å²) in [5.74, 6) is -0.143. The first-order valence-electron chi connectivity index (χ1n) is 7.95. The van der Waals surface area contributed by atoms with Crippen LogP contribution in [-0.2, 0) is 19.6 Å². The summed E-state index contributed by atoms with van der Waals surface area (Å²) in [5, 5.41) is 10.9. The number of hydrogen-bond acceptors (Lipinski definition) is 5. The molecule has 0 saturated carbocycles. The van der Waals surface area contributed by atoms with Crippen LogP contribution in [0.3, 0.4) is 0 Å². The molecule has 0 fully saturated rings. The van der Waals surface area contributed by atoms with Crippen molar-refractivity contribution in [3.8, 4) is 0 Å². The number of fused-ring (bicyclic) bond motifs is 2. The molecule has 0 unspecified atom stereocenters. The fourth-order valence-electron chi connectivity index (χ4n) is 3.13. The quantitative estimate of drug-likeness (QED) is 0.774. The first kappa shape index (κ1) is 14.8. The van der Waals surface area contributed by atoms with Crippen molar-refractivity contribution in [1.82, 2.24) is 20.8 Å². The number of aryl methyl sites for hydroxylation is 2. The Balaban J connectivity index is 1.57. The van der Waals surface area contributed by atoms with Gasteiger partial charge in [-0.3, -0.25) is 4.79 Å². The lowest BCUT2D eigenvalue weighted by molar-refractivity contribution is 0.0952. The second-order valence-electron chi connectivity index (χ2n) is 6.15. The molecule has 3 heterocycles. The van der Waals surface area contributed by atoms with E-state index in [9.17, 15) is 4.79 Å². The van der Waals surface area contributed by atoms with Crippen molar-refractivity contribution in [2.24, 2.45) is 0 Å². The predicted molar refractivity (Wildman–Crippen MR) is 89.4 cm³/mol. The summed E-state index contributed by atoms with van der Waals surface area (Å²) in [6.07, 6.45) is 0. The van der Waals surface area contributed by atoms with E-state index in [4.69, 9.17) is 4.52 Å². The Labute approximate surface area is 139 Å². The van der Waals surface area contributed by atoms with E-state index in [1.807, 2.05) is 13.8 Å². The lowest BCUT2D eigenvalue weighted by Gasteiger charge is -2.08. The summed E-state index contributed by atoms with van der Waals surface area (Å²) in [6, 6.07) is 8.10. The van der Waals surface area contributed by atoms with E-state index in [1.54, 1.807) is 6.07 Å². The van der Waals surface area contributed by atoms with Gasteiger partial charge in [-0.1, -0.05) is 23.4 Å². The van der Waals surface area contributed by atoms with Crippen molar-refractivity contribution in [2.45, 2.75) is 33.5 Å². The topological polar surface area (TPSA) is 80.0 Å². The van der Waals surface area contributed by atoms with Crippen LogP contribution in [0.1, 0.15) is 38.4 Å². The third-order valence-corrected chi connectivity index (χ3v) is 4.34. The van der Waals surface area contributed by atoms with Crippen molar-refractivity contribution in [1.29, 1.82) is 0 Å². The lowest BCUT2D eigenvalue weighted by atomic mass is 10.1. The summed E-state index contributed by atoms with van der Waals surface area (Å²) in [5.41, 5.74) is 6.09. The second-order valence-corrected chi connectivity index (χ2v) is 6.15. The molecule has 122 valence electrons. The number of hydrogen-bond donors (Lipinski definition) is 2. The summed E-state index contributed by atoms with van der Waals surface area (Å²) in [7, 11) is 0. The SMILES string of the molecule is Cc1cc(C(=O)NCc2ccc3c(c2)CNC3)c2c(C)noc2n1. The van der Waals surface area contributed by atoms with Crippen molar-refractivity contribution in [3.63, 3.8) is 0 Å². The smallest absolute Gasteiger partial charge is 0.258 e. The standard InChI is InChI=1S/C18H18N4O2/c1-10-5-15(16-11(2)22-24-18(16)21-10)17(23)20-7-12-3-4-13-8-19-9-14(13)6-12/h3-6,19H,7-9H2,1-2H3,(H,20,23). The third-order valence-electron chi connectivity index (χ3n) is 4.34. The molecule has 0 spiro atoms. The largest absolute Gasteiger partial charge is 0.348 e.